The number of rotatable bonds is 10. The highest BCUT2D eigenvalue weighted by Gasteiger charge is 2.43. The molecule has 2 aliphatic rings. The van der Waals surface area contributed by atoms with Gasteiger partial charge in [0.15, 0.2) is 11.6 Å². The molecule has 1 heterocycles. The maximum atomic E-state index is 15.4. The largest absolute Gasteiger partial charge is 0.454 e. The number of halogens is 1. The molecule has 4 rings (SSSR count). The van der Waals surface area contributed by atoms with E-state index in [1.54, 1.807) is 13.2 Å². The van der Waals surface area contributed by atoms with Crippen molar-refractivity contribution in [3.05, 3.63) is 59.4 Å². The Labute approximate surface area is 226 Å². The minimum atomic E-state index is -0.621. The molecule has 0 bridgehead atoms. The maximum absolute atomic E-state index is 15.4. The molecule has 0 radical (unpaired) electrons. The van der Waals surface area contributed by atoms with Gasteiger partial charge < -0.3 is 25.2 Å². The Kier molecular flexibility index (Phi) is 9.45. The summed E-state index contributed by atoms with van der Waals surface area (Å²) in [6, 6.07) is 12.5. The van der Waals surface area contributed by atoms with Gasteiger partial charge in [0.1, 0.15) is 5.75 Å². The van der Waals surface area contributed by atoms with E-state index in [-0.39, 0.29) is 35.4 Å². The van der Waals surface area contributed by atoms with Gasteiger partial charge in [-0.25, -0.2) is 4.39 Å². The number of carbonyl (C=O) groups is 1. The molecule has 0 aromatic heterocycles. The average molecular weight is 527 g/mol. The number of methoxy groups -OCH3 is 1. The van der Waals surface area contributed by atoms with Gasteiger partial charge >= 0.3 is 0 Å². The number of benzene rings is 2. The zero-order valence-corrected chi connectivity index (χ0v) is 23.0. The summed E-state index contributed by atoms with van der Waals surface area (Å²) in [6.07, 6.45) is 4.80. The van der Waals surface area contributed by atoms with Crippen LogP contribution in [0, 0.1) is 24.6 Å². The van der Waals surface area contributed by atoms with Crippen LogP contribution in [0.2, 0.25) is 0 Å². The van der Waals surface area contributed by atoms with E-state index in [4.69, 9.17) is 15.2 Å². The van der Waals surface area contributed by atoms with Gasteiger partial charge in [0.25, 0.3) is 0 Å². The minimum Gasteiger partial charge on any atom is -0.454 e. The van der Waals surface area contributed by atoms with Gasteiger partial charge in [-0.3, -0.25) is 4.79 Å². The quantitative estimate of drug-likeness (QED) is 0.409. The molecule has 6 nitrogen and oxygen atoms in total. The monoisotopic (exact) mass is 526 g/mol. The van der Waals surface area contributed by atoms with Crippen molar-refractivity contribution in [2.75, 3.05) is 26.8 Å². The van der Waals surface area contributed by atoms with Gasteiger partial charge in [-0.05, 0) is 75.1 Å². The summed E-state index contributed by atoms with van der Waals surface area (Å²) in [4.78, 5) is 15.4. The number of hydrogen-bond donors (Lipinski definition) is 2. The van der Waals surface area contributed by atoms with Crippen LogP contribution >= 0.6 is 0 Å². The lowest BCUT2D eigenvalue weighted by molar-refractivity contribution is -0.138. The van der Waals surface area contributed by atoms with Crippen LogP contribution < -0.4 is 10.5 Å². The number of likely N-dealkylation sites (tertiary alicyclic amines) is 1. The second kappa shape index (κ2) is 12.6. The molecule has 5 atom stereocenters. The van der Waals surface area contributed by atoms with Gasteiger partial charge in [-0.1, -0.05) is 37.6 Å². The van der Waals surface area contributed by atoms with Crippen molar-refractivity contribution in [2.45, 2.75) is 76.4 Å². The van der Waals surface area contributed by atoms with Crippen molar-refractivity contribution in [1.29, 1.82) is 0 Å². The van der Waals surface area contributed by atoms with Gasteiger partial charge in [0.05, 0.1) is 6.10 Å². The molecule has 1 amide bonds. The number of aliphatic hydroxyl groups is 1. The highest BCUT2D eigenvalue weighted by Crippen LogP contribution is 2.47. The number of amides is 1. The van der Waals surface area contributed by atoms with Crippen LogP contribution in [0.1, 0.15) is 63.0 Å². The smallest absolute Gasteiger partial charge is 0.225 e. The molecule has 1 saturated heterocycles. The van der Waals surface area contributed by atoms with Crippen molar-refractivity contribution in [2.24, 2.45) is 17.6 Å². The Hall–Kier alpha value is -2.48. The van der Waals surface area contributed by atoms with E-state index in [2.05, 4.69) is 6.92 Å². The first-order chi connectivity index (χ1) is 18.2. The van der Waals surface area contributed by atoms with Crippen LogP contribution in [0.4, 0.5) is 4.39 Å². The van der Waals surface area contributed by atoms with E-state index < -0.39 is 11.5 Å². The fraction of sp³-hybridized carbons (Fsp3) is 0.581. The fourth-order valence-corrected chi connectivity index (χ4v) is 6.36. The minimum absolute atomic E-state index is 0.0823. The number of aryl methyl sites for hydroxylation is 1. The normalized spacial score (nSPS) is 25.3. The summed E-state index contributed by atoms with van der Waals surface area (Å²) in [6.45, 7) is 6.16. The van der Waals surface area contributed by atoms with Gasteiger partial charge in [0, 0.05) is 49.7 Å². The lowest BCUT2D eigenvalue weighted by Crippen LogP contribution is -2.48. The third-order valence-electron chi connectivity index (χ3n) is 8.65. The molecule has 7 heteroatoms. The number of nitrogens with zero attached hydrogens (tertiary/aromatic N) is 1. The molecule has 3 N–H and O–H groups in total. The number of hydrogen-bond acceptors (Lipinski definition) is 5. The zero-order valence-electron chi connectivity index (χ0n) is 23.0. The van der Waals surface area contributed by atoms with Crippen molar-refractivity contribution >= 4 is 5.91 Å². The number of aliphatic hydroxyl groups excluding tert-OH is 1. The molecular weight excluding hydrogens is 483 g/mol. The molecule has 0 unspecified atom stereocenters. The highest BCUT2D eigenvalue weighted by atomic mass is 19.1. The predicted octanol–water partition coefficient (Wildman–Crippen LogP) is 5.34. The maximum Gasteiger partial charge on any atom is 0.225 e. The van der Waals surface area contributed by atoms with Gasteiger partial charge in [0.2, 0.25) is 5.91 Å². The lowest BCUT2D eigenvalue weighted by atomic mass is 9.65. The summed E-state index contributed by atoms with van der Waals surface area (Å²) >= 11 is 0. The summed E-state index contributed by atoms with van der Waals surface area (Å²) in [7, 11) is 1.70. The lowest BCUT2D eigenvalue weighted by Gasteiger charge is -2.45. The first-order valence-electron chi connectivity index (χ1n) is 14.0. The summed E-state index contributed by atoms with van der Waals surface area (Å²) in [5.41, 5.74) is 7.48. The van der Waals surface area contributed by atoms with E-state index >= 15 is 4.39 Å². The molecule has 2 aromatic rings. The zero-order chi connectivity index (χ0) is 27.3. The van der Waals surface area contributed by atoms with E-state index in [1.165, 1.54) is 6.07 Å². The van der Waals surface area contributed by atoms with E-state index in [1.807, 2.05) is 42.2 Å². The number of para-hydroxylation sites is 1. The highest BCUT2D eigenvalue weighted by molar-refractivity contribution is 5.79. The average Bonchev–Trinajstić information content (AvgIpc) is 3.25. The molecule has 2 aromatic carbocycles. The molecule has 1 aliphatic heterocycles. The van der Waals surface area contributed by atoms with Crippen LogP contribution in [-0.2, 0) is 14.9 Å². The number of unbranched alkanes of at least 4 members (excludes halogenated alkanes) is 1. The van der Waals surface area contributed by atoms with Crippen molar-refractivity contribution in [3.8, 4) is 11.5 Å². The summed E-state index contributed by atoms with van der Waals surface area (Å²) in [5.74, 6) is 0.463. The second-order valence-corrected chi connectivity index (χ2v) is 11.4. The van der Waals surface area contributed by atoms with E-state index in [9.17, 15) is 9.90 Å². The predicted molar refractivity (Wildman–Crippen MR) is 147 cm³/mol. The van der Waals surface area contributed by atoms with Crippen LogP contribution in [0.15, 0.2) is 42.5 Å². The van der Waals surface area contributed by atoms with Crippen molar-refractivity contribution in [3.63, 3.8) is 0 Å². The Bertz CT molecular complexity index is 1090. The Morgan fingerprint density at radius 1 is 1.21 bits per heavy atom. The first-order valence-corrected chi connectivity index (χ1v) is 14.0. The standard InChI is InChI=1S/C31H43FN2O4/c1-21-9-6-11-24(17-21)38-29-25(12-7-13-26(29)32)31(2,14-4-5-16-37-3)23-10-8-15-34(20-23)30(36)22-18-27(33)28(35)19-22/h6-7,9,11-13,17,22-23,27-28,35H,4-5,8,10,14-16,18-20,33H2,1-3H3/t22-,23+,27+,28-,31+/m0/s1. The molecule has 1 aliphatic carbocycles. The number of carbonyl (C=O) groups excluding carboxylic acids is 1. The molecule has 1 saturated carbocycles. The number of piperidine rings is 1. The third kappa shape index (κ3) is 6.38. The number of nitrogens with two attached hydrogens (primary N) is 1. The van der Waals surface area contributed by atoms with Crippen LogP contribution in [-0.4, -0.2) is 54.9 Å². The number of ether oxygens (including phenoxy) is 2. The van der Waals surface area contributed by atoms with Crippen molar-refractivity contribution in [1.82, 2.24) is 4.90 Å². The SMILES string of the molecule is COCCCC[C@@](C)(c1cccc(F)c1Oc1cccc(C)c1)[C@@H]1CCCN(C(=O)[C@H]2C[C@@H](N)[C@@H](O)C2)C1. The van der Waals surface area contributed by atoms with Crippen LogP contribution in [0.25, 0.3) is 0 Å². The van der Waals surface area contributed by atoms with Crippen LogP contribution in [0.3, 0.4) is 0 Å². The Morgan fingerprint density at radius 2 is 2.00 bits per heavy atom. The van der Waals surface area contributed by atoms with E-state index in [0.717, 1.165) is 43.2 Å². The molecular formula is C31H43FN2O4. The van der Waals surface area contributed by atoms with E-state index in [0.29, 0.717) is 38.3 Å². The third-order valence-corrected chi connectivity index (χ3v) is 8.65. The summed E-state index contributed by atoms with van der Waals surface area (Å²) in [5, 5.41) is 10.1. The second-order valence-electron chi connectivity index (χ2n) is 11.4. The molecule has 38 heavy (non-hydrogen) atoms. The first kappa shape index (κ1) is 28.5. The van der Waals surface area contributed by atoms with Gasteiger partial charge in [-0.2, -0.15) is 0 Å². The Morgan fingerprint density at radius 3 is 2.71 bits per heavy atom. The molecule has 0 spiro atoms. The summed E-state index contributed by atoms with van der Waals surface area (Å²) < 4.78 is 27.0. The Balaban J connectivity index is 1.64. The van der Waals surface area contributed by atoms with Crippen LogP contribution in [0.5, 0.6) is 11.5 Å². The fourth-order valence-electron chi connectivity index (χ4n) is 6.36. The molecule has 2 fully saturated rings. The van der Waals surface area contributed by atoms with Gasteiger partial charge in [-0.15, -0.1) is 0 Å². The topological polar surface area (TPSA) is 85.0 Å². The molecule has 208 valence electrons. The van der Waals surface area contributed by atoms with Crippen molar-refractivity contribution < 1.29 is 23.8 Å².